The zero-order valence-corrected chi connectivity index (χ0v) is 16.1. The molecule has 2 aromatic carbocycles. The van der Waals surface area contributed by atoms with Crippen molar-refractivity contribution in [2.24, 2.45) is 0 Å². The van der Waals surface area contributed by atoms with E-state index >= 15 is 0 Å². The van der Waals surface area contributed by atoms with Gasteiger partial charge in [0.05, 0.1) is 11.7 Å². The molecule has 0 bridgehead atoms. The second kappa shape index (κ2) is 9.42. The summed E-state index contributed by atoms with van der Waals surface area (Å²) in [6.07, 6.45) is 5.08. The molecule has 5 heteroatoms. The number of hydrogen-bond acceptors (Lipinski definition) is 4. The highest BCUT2D eigenvalue weighted by molar-refractivity contribution is 6.06. The van der Waals surface area contributed by atoms with Crippen LogP contribution in [0.3, 0.4) is 0 Å². The first-order chi connectivity index (χ1) is 13.1. The van der Waals surface area contributed by atoms with Crippen molar-refractivity contribution in [3.8, 4) is 11.5 Å². The summed E-state index contributed by atoms with van der Waals surface area (Å²) in [7, 11) is 3.98. The molecular weight excluding hydrogens is 340 g/mol. The van der Waals surface area contributed by atoms with Crippen molar-refractivity contribution >= 4 is 11.6 Å². The summed E-state index contributed by atoms with van der Waals surface area (Å²) in [4.78, 5) is 14.7. The van der Waals surface area contributed by atoms with E-state index in [2.05, 4.69) is 5.32 Å². The van der Waals surface area contributed by atoms with Crippen LogP contribution < -0.4 is 14.8 Å². The number of para-hydroxylation sites is 1. The van der Waals surface area contributed by atoms with Crippen LogP contribution in [0.4, 0.5) is 5.69 Å². The maximum Gasteiger partial charge on any atom is 0.259 e. The van der Waals surface area contributed by atoms with Crippen molar-refractivity contribution in [1.29, 1.82) is 0 Å². The topological polar surface area (TPSA) is 50.8 Å². The van der Waals surface area contributed by atoms with Gasteiger partial charge in [-0.2, -0.15) is 0 Å². The average molecular weight is 368 g/mol. The zero-order valence-electron chi connectivity index (χ0n) is 16.1. The van der Waals surface area contributed by atoms with Crippen LogP contribution in [0.1, 0.15) is 36.0 Å². The van der Waals surface area contributed by atoms with Crippen LogP contribution in [0.15, 0.2) is 48.5 Å². The van der Waals surface area contributed by atoms with Gasteiger partial charge in [0.25, 0.3) is 5.91 Å². The lowest BCUT2D eigenvalue weighted by atomic mass is 10.2. The van der Waals surface area contributed by atoms with E-state index in [0.717, 1.165) is 30.8 Å². The largest absolute Gasteiger partial charge is 0.491 e. The highest BCUT2D eigenvalue weighted by Gasteiger charge is 2.16. The molecule has 5 nitrogen and oxygen atoms in total. The van der Waals surface area contributed by atoms with Crippen LogP contribution in [-0.4, -0.2) is 44.2 Å². The number of rotatable bonds is 8. The third kappa shape index (κ3) is 5.73. The van der Waals surface area contributed by atoms with E-state index in [9.17, 15) is 4.79 Å². The van der Waals surface area contributed by atoms with E-state index in [1.165, 1.54) is 12.8 Å². The van der Waals surface area contributed by atoms with Gasteiger partial charge in [-0.1, -0.05) is 12.1 Å². The van der Waals surface area contributed by atoms with Gasteiger partial charge in [-0.15, -0.1) is 0 Å². The summed E-state index contributed by atoms with van der Waals surface area (Å²) in [5, 5.41) is 2.93. The minimum atomic E-state index is -0.181. The van der Waals surface area contributed by atoms with Crippen molar-refractivity contribution in [2.75, 3.05) is 32.6 Å². The fourth-order valence-corrected chi connectivity index (χ4v) is 3.13. The first-order valence-corrected chi connectivity index (χ1v) is 9.56. The van der Waals surface area contributed by atoms with Gasteiger partial charge in [0.15, 0.2) is 0 Å². The fraction of sp³-hybridized carbons (Fsp3) is 0.409. The van der Waals surface area contributed by atoms with Crippen LogP contribution in [0.2, 0.25) is 0 Å². The average Bonchev–Trinajstić information content (AvgIpc) is 3.16. The third-order valence-electron chi connectivity index (χ3n) is 4.64. The molecule has 1 fully saturated rings. The van der Waals surface area contributed by atoms with Crippen LogP contribution >= 0.6 is 0 Å². The monoisotopic (exact) mass is 368 g/mol. The van der Waals surface area contributed by atoms with E-state index < -0.39 is 0 Å². The molecule has 1 N–H and O–H groups in total. The van der Waals surface area contributed by atoms with Gasteiger partial charge in [0.1, 0.15) is 18.1 Å². The molecule has 1 aliphatic carbocycles. The maximum atomic E-state index is 12.7. The fourth-order valence-electron chi connectivity index (χ4n) is 3.13. The number of nitrogens with zero attached hydrogens (tertiary/aromatic N) is 1. The number of likely N-dealkylation sites (N-methyl/N-ethyl adjacent to an activating group) is 1. The predicted molar refractivity (Wildman–Crippen MR) is 108 cm³/mol. The quantitative estimate of drug-likeness (QED) is 0.759. The Bertz CT molecular complexity index is 737. The molecule has 0 heterocycles. The number of carbonyl (C=O) groups is 1. The summed E-state index contributed by atoms with van der Waals surface area (Å²) >= 11 is 0. The van der Waals surface area contributed by atoms with Crippen molar-refractivity contribution in [3.05, 3.63) is 54.1 Å². The maximum absolute atomic E-state index is 12.7. The van der Waals surface area contributed by atoms with Crippen molar-refractivity contribution in [3.63, 3.8) is 0 Å². The lowest BCUT2D eigenvalue weighted by molar-refractivity contribution is 0.102. The van der Waals surface area contributed by atoms with E-state index in [0.29, 0.717) is 24.0 Å². The number of nitrogens with one attached hydrogen (secondary N) is 1. The van der Waals surface area contributed by atoms with Gasteiger partial charge in [0, 0.05) is 12.2 Å². The lowest BCUT2D eigenvalue weighted by Gasteiger charge is -2.15. The second-order valence-corrected chi connectivity index (χ2v) is 7.15. The number of ether oxygens (including phenoxy) is 2. The van der Waals surface area contributed by atoms with Gasteiger partial charge >= 0.3 is 0 Å². The molecule has 0 aliphatic heterocycles. The Morgan fingerprint density at radius 1 is 1.07 bits per heavy atom. The van der Waals surface area contributed by atoms with Crippen LogP contribution in [0, 0.1) is 0 Å². The Labute approximate surface area is 161 Å². The van der Waals surface area contributed by atoms with Crippen LogP contribution in [-0.2, 0) is 0 Å². The highest BCUT2D eigenvalue weighted by Crippen LogP contribution is 2.25. The van der Waals surface area contributed by atoms with Crippen molar-refractivity contribution < 1.29 is 14.3 Å². The number of carbonyl (C=O) groups excluding carboxylic acids is 1. The zero-order chi connectivity index (χ0) is 19.1. The number of benzene rings is 2. The Balaban J connectivity index is 1.59. The van der Waals surface area contributed by atoms with Gasteiger partial charge in [0.2, 0.25) is 0 Å². The first kappa shape index (κ1) is 19.2. The second-order valence-electron chi connectivity index (χ2n) is 7.15. The van der Waals surface area contributed by atoms with E-state index in [1.54, 1.807) is 6.07 Å². The molecule has 3 rings (SSSR count). The molecule has 0 radical (unpaired) electrons. The van der Waals surface area contributed by atoms with E-state index in [1.807, 2.05) is 61.5 Å². The summed E-state index contributed by atoms with van der Waals surface area (Å²) in [6, 6.07) is 14.9. The molecule has 27 heavy (non-hydrogen) atoms. The number of amides is 1. The molecule has 1 amide bonds. The van der Waals surface area contributed by atoms with E-state index in [4.69, 9.17) is 9.47 Å². The lowest BCUT2D eigenvalue weighted by Crippen LogP contribution is -2.20. The molecule has 144 valence electrons. The third-order valence-corrected chi connectivity index (χ3v) is 4.64. The Morgan fingerprint density at radius 3 is 2.48 bits per heavy atom. The molecule has 0 aromatic heterocycles. The molecule has 0 unspecified atom stereocenters. The number of anilines is 1. The summed E-state index contributed by atoms with van der Waals surface area (Å²) in [5.74, 6) is 1.27. The smallest absolute Gasteiger partial charge is 0.259 e. The van der Waals surface area contributed by atoms with Crippen molar-refractivity contribution in [2.45, 2.75) is 31.8 Å². The van der Waals surface area contributed by atoms with Gasteiger partial charge in [-0.25, -0.2) is 0 Å². The molecule has 0 spiro atoms. The standard InChI is InChI=1S/C22H28N2O3/c1-24(2)15-16-26-21-10-6-5-9-20(21)22(25)23-17-11-13-19(14-12-17)27-18-7-3-4-8-18/h5-6,9-14,18H,3-4,7-8,15-16H2,1-2H3,(H,23,25). The Morgan fingerprint density at radius 2 is 1.78 bits per heavy atom. The Hall–Kier alpha value is -2.53. The molecule has 0 saturated heterocycles. The predicted octanol–water partition coefficient (Wildman–Crippen LogP) is 4.20. The minimum Gasteiger partial charge on any atom is -0.491 e. The first-order valence-electron chi connectivity index (χ1n) is 9.56. The van der Waals surface area contributed by atoms with Crippen LogP contribution in [0.5, 0.6) is 11.5 Å². The summed E-state index contributed by atoms with van der Waals surface area (Å²) < 4.78 is 11.7. The molecule has 1 saturated carbocycles. The highest BCUT2D eigenvalue weighted by atomic mass is 16.5. The molecule has 2 aromatic rings. The van der Waals surface area contributed by atoms with Gasteiger partial charge in [-0.3, -0.25) is 4.79 Å². The molecule has 0 atom stereocenters. The molecular formula is C22H28N2O3. The van der Waals surface area contributed by atoms with E-state index in [-0.39, 0.29) is 5.91 Å². The van der Waals surface area contributed by atoms with Gasteiger partial charge in [-0.05, 0) is 76.2 Å². The SMILES string of the molecule is CN(C)CCOc1ccccc1C(=O)Nc1ccc(OC2CCCC2)cc1. The summed E-state index contributed by atoms with van der Waals surface area (Å²) in [5.41, 5.74) is 1.27. The normalized spacial score (nSPS) is 14.3. The summed E-state index contributed by atoms with van der Waals surface area (Å²) in [6.45, 7) is 1.32. The minimum absolute atomic E-state index is 0.181. The van der Waals surface area contributed by atoms with Gasteiger partial charge < -0.3 is 19.7 Å². The Kier molecular flexibility index (Phi) is 6.71. The molecule has 1 aliphatic rings. The number of hydrogen-bond donors (Lipinski definition) is 1. The van der Waals surface area contributed by atoms with Crippen molar-refractivity contribution in [1.82, 2.24) is 4.90 Å². The van der Waals surface area contributed by atoms with Crippen LogP contribution in [0.25, 0.3) is 0 Å².